The van der Waals surface area contributed by atoms with E-state index in [9.17, 15) is 24.1 Å². The highest BCUT2D eigenvalue weighted by Crippen LogP contribution is 2.44. The molecular formula is C27H23FN2O6. The van der Waals surface area contributed by atoms with E-state index in [-0.39, 0.29) is 24.6 Å². The Morgan fingerprint density at radius 3 is 2.33 bits per heavy atom. The van der Waals surface area contributed by atoms with Crippen LogP contribution in [0, 0.1) is 15.9 Å². The van der Waals surface area contributed by atoms with E-state index < -0.39 is 34.1 Å². The maximum atomic E-state index is 14.3. The van der Waals surface area contributed by atoms with E-state index in [1.54, 1.807) is 6.08 Å². The molecule has 0 unspecified atom stereocenters. The smallest absolute Gasteiger partial charge is 0.407 e. The van der Waals surface area contributed by atoms with Crippen LogP contribution in [0.25, 0.3) is 17.2 Å². The quantitative estimate of drug-likeness (QED) is 0.194. The second kappa shape index (κ2) is 10.8. The van der Waals surface area contributed by atoms with Crippen LogP contribution in [0.5, 0.6) is 0 Å². The highest BCUT2D eigenvalue weighted by Gasteiger charge is 2.29. The summed E-state index contributed by atoms with van der Waals surface area (Å²) in [6.45, 7) is 0.411. The number of ether oxygens (including phenoxy) is 2. The molecular weight excluding hydrogens is 467 g/mol. The van der Waals surface area contributed by atoms with Crippen molar-refractivity contribution in [2.45, 2.75) is 12.3 Å². The summed E-state index contributed by atoms with van der Waals surface area (Å²) in [7, 11) is 1.06. The minimum atomic E-state index is -0.997. The van der Waals surface area contributed by atoms with Crippen LogP contribution in [-0.4, -0.2) is 37.2 Å². The molecule has 0 heterocycles. The van der Waals surface area contributed by atoms with Crippen LogP contribution in [0.2, 0.25) is 0 Å². The topological polar surface area (TPSA) is 108 Å². The Bertz CT molecular complexity index is 1310. The van der Waals surface area contributed by atoms with Crippen LogP contribution in [0.4, 0.5) is 14.9 Å². The van der Waals surface area contributed by atoms with Crippen molar-refractivity contribution in [2.24, 2.45) is 0 Å². The van der Waals surface area contributed by atoms with Crippen LogP contribution in [-0.2, 0) is 9.47 Å². The highest BCUT2D eigenvalue weighted by atomic mass is 19.1. The first-order chi connectivity index (χ1) is 17.4. The maximum Gasteiger partial charge on any atom is 0.407 e. The molecule has 1 aliphatic carbocycles. The highest BCUT2D eigenvalue weighted by molar-refractivity contribution is 5.94. The van der Waals surface area contributed by atoms with Gasteiger partial charge in [-0.2, -0.15) is 0 Å². The number of amides is 1. The van der Waals surface area contributed by atoms with E-state index in [2.05, 4.69) is 22.2 Å². The van der Waals surface area contributed by atoms with Crippen molar-refractivity contribution >= 4 is 23.8 Å². The standard InChI is InChI=1S/C27H23FN2O6/c1-35-26(31)22-15-24(28)17(14-25(22)30(33)34)8-6-7-13-29-27(32)36-16-23-20-11-4-2-9-18(20)19-10-3-5-12-21(19)23/h2-6,8-12,14-15,23H,7,13,16H2,1H3,(H,29,32). The zero-order chi connectivity index (χ0) is 25.7. The molecule has 0 radical (unpaired) electrons. The number of nitrogens with one attached hydrogen (secondary N) is 1. The van der Waals surface area contributed by atoms with Gasteiger partial charge in [0.2, 0.25) is 0 Å². The lowest BCUT2D eigenvalue weighted by Gasteiger charge is -2.14. The fraction of sp³-hybridized carbons (Fsp3) is 0.185. The molecule has 1 amide bonds. The van der Waals surface area contributed by atoms with Crippen molar-refractivity contribution in [1.29, 1.82) is 0 Å². The number of rotatable bonds is 8. The van der Waals surface area contributed by atoms with Gasteiger partial charge >= 0.3 is 12.1 Å². The molecule has 36 heavy (non-hydrogen) atoms. The molecule has 3 aromatic carbocycles. The minimum Gasteiger partial charge on any atom is -0.465 e. The maximum absolute atomic E-state index is 14.3. The number of nitro groups is 1. The van der Waals surface area contributed by atoms with Crippen molar-refractivity contribution < 1.29 is 28.4 Å². The van der Waals surface area contributed by atoms with Gasteiger partial charge in [-0.05, 0) is 34.7 Å². The number of nitro benzene ring substituents is 1. The van der Waals surface area contributed by atoms with E-state index in [1.165, 1.54) is 6.08 Å². The lowest BCUT2D eigenvalue weighted by atomic mass is 9.98. The second-order valence-corrected chi connectivity index (χ2v) is 8.08. The van der Waals surface area contributed by atoms with Crippen LogP contribution in [0.15, 0.2) is 66.7 Å². The number of esters is 1. The molecule has 1 aliphatic rings. The Morgan fingerprint density at radius 1 is 1.08 bits per heavy atom. The van der Waals surface area contributed by atoms with E-state index >= 15 is 0 Å². The van der Waals surface area contributed by atoms with Gasteiger partial charge in [-0.3, -0.25) is 10.1 Å². The Morgan fingerprint density at radius 2 is 1.72 bits per heavy atom. The Labute approximate surface area is 206 Å². The normalized spacial score (nSPS) is 12.2. The predicted octanol–water partition coefficient (Wildman–Crippen LogP) is 5.46. The fourth-order valence-electron chi connectivity index (χ4n) is 4.25. The number of halogens is 1. The molecule has 4 rings (SSSR count). The van der Waals surface area contributed by atoms with Crippen LogP contribution in [0.1, 0.15) is 39.4 Å². The molecule has 9 heteroatoms. The molecule has 0 spiro atoms. The summed E-state index contributed by atoms with van der Waals surface area (Å²) < 4.78 is 24.2. The average molecular weight is 490 g/mol. The van der Waals surface area contributed by atoms with Crippen molar-refractivity contribution in [3.8, 4) is 11.1 Å². The van der Waals surface area contributed by atoms with E-state index in [4.69, 9.17) is 4.74 Å². The summed E-state index contributed by atoms with van der Waals surface area (Å²) in [4.78, 5) is 34.3. The van der Waals surface area contributed by atoms with E-state index in [0.29, 0.717) is 6.42 Å². The first-order valence-corrected chi connectivity index (χ1v) is 11.2. The van der Waals surface area contributed by atoms with Crippen molar-refractivity contribution in [3.63, 3.8) is 0 Å². The van der Waals surface area contributed by atoms with Gasteiger partial charge in [0, 0.05) is 24.1 Å². The van der Waals surface area contributed by atoms with E-state index in [0.717, 1.165) is 41.5 Å². The van der Waals surface area contributed by atoms with Crippen LogP contribution < -0.4 is 5.32 Å². The van der Waals surface area contributed by atoms with Gasteiger partial charge in [-0.15, -0.1) is 0 Å². The van der Waals surface area contributed by atoms with Gasteiger partial charge < -0.3 is 14.8 Å². The van der Waals surface area contributed by atoms with Gasteiger partial charge in [0.15, 0.2) is 0 Å². The third kappa shape index (κ3) is 5.10. The number of methoxy groups -OCH3 is 1. The number of benzene rings is 3. The van der Waals surface area contributed by atoms with Gasteiger partial charge in [0.1, 0.15) is 18.0 Å². The largest absolute Gasteiger partial charge is 0.465 e. The summed E-state index contributed by atoms with van der Waals surface area (Å²) in [6.07, 6.45) is 2.66. The number of nitrogens with zero attached hydrogens (tertiary/aromatic N) is 1. The summed E-state index contributed by atoms with van der Waals surface area (Å²) >= 11 is 0. The summed E-state index contributed by atoms with van der Waals surface area (Å²) in [5, 5.41) is 13.9. The van der Waals surface area contributed by atoms with Crippen LogP contribution >= 0.6 is 0 Å². The molecule has 8 nitrogen and oxygen atoms in total. The molecule has 0 saturated carbocycles. The SMILES string of the molecule is COC(=O)c1cc(F)c(C=CCCNC(=O)OCC2c3ccccc3-c3ccccc32)cc1[N+](=O)[O-]. The molecule has 3 aromatic rings. The number of alkyl carbamates (subject to hydrolysis) is 1. The first-order valence-electron chi connectivity index (χ1n) is 11.2. The summed E-state index contributed by atoms with van der Waals surface area (Å²) in [5.41, 5.74) is 3.43. The molecule has 0 saturated heterocycles. The average Bonchev–Trinajstić information content (AvgIpc) is 3.21. The molecule has 0 bridgehead atoms. The van der Waals surface area contributed by atoms with Gasteiger partial charge in [0.05, 0.1) is 12.0 Å². The third-order valence-electron chi connectivity index (χ3n) is 5.94. The van der Waals surface area contributed by atoms with Crippen molar-refractivity contribution in [1.82, 2.24) is 5.32 Å². The summed E-state index contributed by atoms with van der Waals surface area (Å²) in [5.74, 6) is -1.85. The number of hydrogen-bond donors (Lipinski definition) is 1. The third-order valence-corrected chi connectivity index (χ3v) is 5.94. The molecule has 0 aromatic heterocycles. The predicted molar refractivity (Wildman–Crippen MR) is 131 cm³/mol. The first kappa shape index (κ1) is 24.6. The molecule has 184 valence electrons. The fourth-order valence-corrected chi connectivity index (χ4v) is 4.25. The minimum absolute atomic E-state index is 0.0465. The molecule has 0 atom stereocenters. The number of carbonyl (C=O) groups excluding carboxylic acids is 2. The number of carbonyl (C=O) groups is 2. The second-order valence-electron chi connectivity index (χ2n) is 8.08. The van der Waals surface area contributed by atoms with Gasteiger partial charge in [-0.25, -0.2) is 14.0 Å². The zero-order valence-corrected chi connectivity index (χ0v) is 19.4. The Hall–Kier alpha value is -4.53. The lowest BCUT2D eigenvalue weighted by Crippen LogP contribution is -2.26. The van der Waals surface area contributed by atoms with E-state index in [1.807, 2.05) is 36.4 Å². The lowest BCUT2D eigenvalue weighted by molar-refractivity contribution is -0.385. The molecule has 1 N–H and O–H groups in total. The zero-order valence-electron chi connectivity index (χ0n) is 19.4. The van der Waals surface area contributed by atoms with Gasteiger partial charge in [0.25, 0.3) is 5.69 Å². The number of fused-ring (bicyclic) bond motifs is 3. The Kier molecular flexibility index (Phi) is 7.39. The monoisotopic (exact) mass is 490 g/mol. The molecule has 0 fully saturated rings. The van der Waals surface area contributed by atoms with Crippen molar-refractivity contribution in [2.75, 3.05) is 20.3 Å². The molecule has 0 aliphatic heterocycles. The summed E-state index contributed by atoms with van der Waals surface area (Å²) in [6, 6.07) is 17.8. The van der Waals surface area contributed by atoms with Gasteiger partial charge in [-0.1, -0.05) is 60.7 Å². The Balaban J connectivity index is 1.31. The van der Waals surface area contributed by atoms with Crippen molar-refractivity contribution in [3.05, 3.63) is 105 Å². The van der Waals surface area contributed by atoms with Crippen LogP contribution in [0.3, 0.4) is 0 Å². The number of hydrogen-bond acceptors (Lipinski definition) is 6.